The molecule has 0 unspecified atom stereocenters. The van der Waals surface area contributed by atoms with Gasteiger partial charge in [0.25, 0.3) is 0 Å². The molecule has 1 fully saturated rings. The van der Waals surface area contributed by atoms with Gasteiger partial charge in [-0.15, -0.1) is 0 Å². The second-order valence-electron chi connectivity index (χ2n) is 4.65. The predicted octanol–water partition coefficient (Wildman–Crippen LogP) is 0.976. The van der Waals surface area contributed by atoms with Crippen LogP contribution >= 0.6 is 0 Å². The van der Waals surface area contributed by atoms with Gasteiger partial charge in [-0.1, -0.05) is 0 Å². The molecular formula is C14H16N6O. The van der Waals surface area contributed by atoms with Crippen molar-refractivity contribution >= 4 is 12.0 Å². The number of amides is 2. The number of nitrogens with one attached hydrogen (secondary N) is 2. The van der Waals surface area contributed by atoms with Gasteiger partial charge in [-0.25, -0.2) is 14.8 Å². The van der Waals surface area contributed by atoms with E-state index in [-0.39, 0.29) is 6.03 Å². The molecule has 7 nitrogen and oxygen atoms in total. The van der Waals surface area contributed by atoms with Crippen molar-refractivity contribution in [1.29, 1.82) is 0 Å². The Hall–Kier alpha value is -2.70. The lowest BCUT2D eigenvalue weighted by Gasteiger charge is -2.14. The highest BCUT2D eigenvalue weighted by Gasteiger charge is 2.18. The summed E-state index contributed by atoms with van der Waals surface area (Å²) in [5, 5.41) is 5.91. The minimum Gasteiger partial charge on any atom is -0.352 e. The second-order valence-corrected chi connectivity index (χ2v) is 4.65. The summed E-state index contributed by atoms with van der Waals surface area (Å²) in [6.45, 7) is 2.72. The second kappa shape index (κ2) is 6.17. The van der Waals surface area contributed by atoms with E-state index in [9.17, 15) is 4.79 Å². The third-order valence-electron chi connectivity index (χ3n) is 3.24. The molecule has 1 aliphatic heterocycles. The van der Waals surface area contributed by atoms with Crippen molar-refractivity contribution in [2.24, 2.45) is 0 Å². The minimum atomic E-state index is -0.0109. The highest BCUT2D eigenvalue weighted by molar-refractivity contribution is 5.76. The van der Waals surface area contributed by atoms with Gasteiger partial charge >= 0.3 is 6.03 Å². The lowest BCUT2D eigenvalue weighted by Crippen LogP contribution is -2.32. The molecule has 3 heterocycles. The summed E-state index contributed by atoms with van der Waals surface area (Å²) in [7, 11) is 0. The Kier molecular flexibility index (Phi) is 3.90. The number of pyridine rings is 1. The normalized spacial score (nSPS) is 14.1. The Labute approximate surface area is 122 Å². The van der Waals surface area contributed by atoms with Crippen molar-refractivity contribution in [3.8, 4) is 11.3 Å². The number of carbonyl (C=O) groups excluding carboxylic acids is 1. The van der Waals surface area contributed by atoms with Gasteiger partial charge in [0.05, 0.1) is 5.69 Å². The van der Waals surface area contributed by atoms with Crippen LogP contribution in [0.2, 0.25) is 0 Å². The predicted molar refractivity (Wildman–Crippen MR) is 78.7 cm³/mol. The number of hydrogen-bond acceptors (Lipinski definition) is 5. The van der Waals surface area contributed by atoms with Crippen LogP contribution in [0, 0.1) is 0 Å². The first kappa shape index (κ1) is 13.3. The molecule has 1 aliphatic rings. The number of nitrogens with zero attached hydrogens (tertiary/aromatic N) is 4. The first-order chi connectivity index (χ1) is 10.3. The minimum absolute atomic E-state index is 0.0109. The number of rotatable bonds is 5. The number of carbonyl (C=O) groups is 1. The Balaban J connectivity index is 1.60. The van der Waals surface area contributed by atoms with E-state index in [0.717, 1.165) is 17.8 Å². The van der Waals surface area contributed by atoms with Gasteiger partial charge in [-0.3, -0.25) is 4.98 Å². The average molecular weight is 284 g/mol. The molecule has 2 aromatic heterocycles. The van der Waals surface area contributed by atoms with E-state index >= 15 is 0 Å². The van der Waals surface area contributed by atoms with Crippen LogP contribution in [0.5, 0.6) is 0 Å². The maximum atomic E-state index is 11.4. The largest absolute Gasteiger partial charge is 0.352 e. The SMILES string of the molecule is O=C1NCCN1CCNc1nccc(-c2ccncc2)n1. The summed E-state index contributed by atoms with van der Waals surface area (Å²) in [6.07, 6.45) is 5.18. The zero-order valence-electron chi connectivity index (χ0n) is 11.5. The summed E-state index contributed by atoms with van der Waals surface area (Å²) < 4.78 is 0. The third-order valence-corrected chi connectivity index (χ3v) is 3.24. The van der Waals surface area contributed by atoms with Gasteiger partial charge in [0.1, 0.15) is 0 Å². The van der Waals surface area contributed by atoms with Crippen LogP contribution in [0.3, 0.4) is 0 Å². The Morgan fingerprint density at radius 3 is 2.86 bits per heavy atom. The fraction of sp³-hybridized carbons (Fsp3) is 0.286. The van der Waals surface area contributed by atoms with Crippen molar-refractivity contribution < 1.29 is 4.79 Å². The fourth-order valence-corrected chi connectivity index (χ4v) is 2.15. The van der Waals surface area contributed by atoms with Crippen LogP contribution in [0.1, 0.15) is 0 Å². The van der Waals surface area contributed by atoms with Crippen molar-refractivity contribution in [2.75, 3.05) is 31.5 Å². The number of hydrogen-bond donors (Lipinski definition) is 2. The molecule has 0 bridgehead atoms. The Bertz CT molecular complexity index is 618. The lowest BCUT2D eigenvalue weighted by atomic mass is 10.2. The number of anilines is 1. The molecule has 108 valence electrons. The van der Waals surface area contributed by atoms with Crippen LogP contribution in [0.4, 0.5) is 10.7 Å². The quantitative estimate of drug-likeness (QED) is 0.855. The van der Waals surface area contributed by atoms with Crippen molar-refractivity contribution in [3.05, 3.63) is 36.8 Å². The molecule has 21 heavy (non-hydrogen) atoms. The molecule has 7 heteroatoms. The van der Waals surface area contributed by atoms with E-state index in [1.807, 2.05) is 18.2 Å². The van der Waals surface area contributed by atoms with Crippen molar-refractivity contribution in [2.45, 2.75) is 0 Å². The average Bonchev–Trinajstić information content (AvgIpc) is 2.94. The van der Waals surface area contributed by atoms with E-state index in [2.05, 4.69) is 25.6 Å². The smallest absolute Gasteiger partial charge is 0.317 e. The highest BCUT2D eigenvalue weighted by Crippen LogP contribution is 2.15. The fourth-order valence-electron chi connectivity index (χ4n) is 2.15. The van der Waals surface area contributed by atoms with E-state index in [1.165, 1.54) is 0 Å². The standard InChI is InChI=1S/C14H16N6O/c21-14-18-8-10-20(14)9-7-17-13-16-6-3-12(19-13)11-1-4-15-5-2-11/h1-6H,7-10H2,(H,18,21)(H,16,17,19). The molecule has 0 atom stereocenters. The van der Waals surface area contributed by atoms with Crippen molar-refractivity contribution in [1.82, 2.24) is 25.2 Å². The van der Waals surface area contributed by atoms with Gasteiger partial charge in [0, 0.05) is 50.3 Å². The van der Waals surface area contributed by atoms with Gasteiger partial charge in [-0.05, 0) is 18.2 Å². The van der Waals surface area contributed by atoms with Crippen LogP contribution in [0.15, 0.2) is 36.8 Å². The van der Waals surface area contributed by atoms with Crippen LogP contribution in [0.25, 0.3) is 11.3 Å². The number of urea groups is 1. The summed E-state index contributed by atoms with van der Waals surface area (Å²) >= 11 is 0. The van der Waals surface area contributed by atoms with Gasteiger partial charge in [0.15, 0.2) is 0 Å². The summed E-state index contributed by atoms with van der Waals surface area (Å²) in [6, 6.07) is 5.65. The van der Waals surface area contributed by atoms with Crippen LogP contribution < -0.4 is 10.6 Å². The number of aromatic nitrogens is 3. The maximum absolute atomic E-state index is 11.4. The molecule has 3 rings (SSSR count). The maximum Gasteiger partial charge on any atom is 0.317 e. The molecule has 2 N–H and O–H groups in total. The third kappa shape index (κ3) is 3.25. The van der Waals surface area contributed by atoms with E-state index in [1.54, 1.807) is 23.5 Å². The van der Waals surface area contributed by atoms with E-state index in [0.29, 0.717) is 25.6 Å². The van der Waals surface area contributed by atoms with Gasteiger partial charge in [-0.2, -0.15) is 0 Å². The van der Waals surface area contributed by atoms with Crippen LogP contribution in [-0.4, -0.2) is 52.1 Å². The topological polar surface area (TPSA) is 83.0 Å². The summed E-state index contributed by atoms with van der Waals surface area (Å²) in [4.78, 5) is 25.8. The molecule has 0 aromatic carbocycles. The summed E-state index contributed by atoms with van der Waals surface area (Å²) in [5.74, 6) is 0.559. The molecular weight excluding hydrogens is 268 g/mol. The monoisotopic (exact) mass is 284 g/mol. The molecule has 0 radical (unpaired) electrons. The van der Waals surface area contributed by atoms with Gasteiger partial charge in [0.2, 0.25) is 5.95 Å². The molecule has 2 amide bonds. The first-order valence-corrected chi connectivity index (χ1v) is 6.83. The molecule has 0 aliphatic carbocycles. The highest BCUT2D eigenvalue weighted by atomic mass is 16.2. The summed E-state index contributed by atoms with van der Waals surface area (Å²) in [5.41, 5.74) is 1.84. The van der Waals surface area contributed by atoms with Crippen molar-refractivity contribution in [3.63, 3.8) is 0 Å². The van der Waals surface area contributed by atoms with Crippen LogP contribution in [-0.2, 0) is 0 Å². The zero-order valence-corrected chi connectivity index (χ0v) is 11.5. The molecule has 1 saturated heterocycles. The Morgan fingerprint density at radius 2 is 2.10 bits per heavy atom. The lowest BCUT2D eigenvalue weighted by molar-refractivity contribution is 0.219. The molecule has 0 saturated carbocycles. The van der Waals surface area contributed by atoms with E-state index < -0.39 is 0 Å². The molecule has 0 spiro atoms. The van der Waals surface area contributed by atoms with E-state index in [4.69, 9.17) is 0 Å². The zero-order chi connectivity index (χ0) is 14.5. The molecule has 2 aromatic rings. The Morgan fingerprint density at radius 1 is 1.24 bits per heavy atom. The van der Waals surface area contributed by atoms with Gasteiger partial charge < -0.3 is 15.5 Å². The first-order valence-electron chi connectivity index (χ1n) is 6.83.